The summed E-state index contributed by atoms with van der Waals surface area (Å²) in [4.78, 5) is 11.2. The number of hydrogen-bond donors (Lipinski definition) is 3. The molecule has 0 saturated heterocycles. The number of methoxy groups -OCH3 is 1. The first-order valence-electron chi connectivity index (χ1n) is 6.46. The zero-order valence-corrected chi connectivity index (χ0v) is 14.2. The van der Waals surface area contributed by atoms with Gasteiger partial charge in [0.15, 0.2) is 5.78 Å². The van der Waals surface area contributed by atoms with Gasteiger partial charge in [0.2, 0.25) is 0 Å². The van der Waals surface area contributed by atoms with E-state index >= 15 is 0 Å². The van der Waals surface area contributed by atoms with E-state index in [9.17, 15) is 31.3 Å². The minimum absolute atomic E-state index is 0.239. The van der Waals surface area contributed by atoms with Gasteiger partial charge in [-0.3, -0.25) is 13.9 Å². The monoisotopic (exact) mass is 388 g/mol. The van der Waals surface area contributed by atoms with Crippen LogP contribution in [0.1, 0.15) is 15.9 Å². The van der Waals surface area contributed by atoms with Crippen LogP contribution >= 0.6 is 0 Å². The van der Waals surface area contributed by atoms with Gasteiger partial charge in [-0.1, -0.05) is 12.1 Å². The van der Waals surface area contributed by atoms with Gasteiger partial charge in [-0.25, -0.2) is 0 Å². The Labute approximate surface area is 143 Å². The Morgan fingerprint density at radius 3 is 2.16 bits per heavy atom. The zero-order chi connectivity index (χ0) is 19.0. The van der Waals surface area contributed by atoms with Crippen molar-refractivity contribution in [2.24, 2.45) is 0 Å². The molecule has 2 rings (SSSR count). The van der Waals surface area contributed by atoms with Crippen molar-refractivity contribution in [2.75, 3.05) is 7.11 Å². The first-order chi connectivity index (χ1) is 11.4. The van der Waals surface area contributed by atoms with Gasteiger partial charge in [0, 0.05) is 11.6 Å². The van der Waals surface area contributed by atoms with Crippen molar-refractivity contribution in [1.29, 1.82) is 0 Å². The Balaban J connectivity index is 2.65. The summed E-state index contributed by atoms with van der Waals surface area (Å²) in [7, 11) is -8.22. The van der Waals surface area contributed by atoms with Crippen molar-refractivity contribution in [1.82, 2.24) is 0 Å². The number of carbonyl (C=O) groups is 1. The maximum atomic E-state index is 12.5. The van der Waals surface area contributed by atoms with Crippen LogP contribution in [0.2, 0.25) is 0 Å². The number of benzene rings is 2. The summed E-state index contributed by atoms with van der Waals surface area (Å²) >= 11 is 0. The van der Waals surface area contributed by atoms with E-state index in [1.165, 1.54) is 12.1 Å². The van der Waals surface area contributed by atoms with E-state index in [1.807, 2.05) is 0 Å². The Bertz CT molecular complexity index is 1050. The van der Waals surface area contributed by atoms with Crippen LogP contribution in [-0.4, -0.2) is 43.9 Å². The van der Waals surface area contributed by atoms with Gasteiger partial charge in [0.25, 0.3) is 20.2 Å². The maximum absolute atomic E-state index is 12.5. The molecule has 25 heavy (non-hydrogen) atoms. The van der Waals surface area contributed by atoms with E-state index in [0.29, 0.717) is 6.07 Å². The van der Waals surface area contributed by atoms with E-state index < -0.39 is 47.1 Å². The topological polar surface area (TPSA) is 155 Å². The molecule has 9 nitrogen and oxygen atoms in total. The van der Waals surface area contributed by atoms with Crippen LogP contribution < -0.4 is 4.74 Å². The van der Waals surface area contributed by atoms with Gasteiger partial charge in [0.1, 0.15) is 16.4 Å². The molecule has 2 aromatic rings. The van der Waals surface area contributed by atoms with Gasteiger partial charge < -0.3 is 9.84 Å². The summed E-state index contributed by atoms with van der Waals surface area (Å²) in [6.07, 6.45) is 0. The van der Waals surface area contributed by atoms with Gasteiger partial charge in [-0.2, -0.15) is 16.8 Å². The van der Waals surface area contributed by atoms with Crippen LogP contribution in [0, 0.1) is 0 Å². The van der Waals surface area contributed by atoms with Gasteiger partial charge in [0.05, 0.1) is 17.6 Å². The molecule has 0 aliphatic rings. The van der Waals surface area contributed by atoms with E-state index in [0.717, 1.165) is 25.3 Å². The molecule has 0 unspecified atom stereocenters. The van der Waals surface area contributed by atoms with Crippen LogP contribution in [0.25, 0.3) is 0 Å². The van der Waals surface area contributed by atoms with Gasteiger partial charge in [-0.15, -0.1) is 0 Å². The zero-order valence-electron chi connectivity index (χ0n) is 12.6. The predicted molar refractivity (Wildman–Crippen MR) is 84.2 cm³/mol. The molecular formula is C14H12O9S2. The molecule has 2 aromatic carbocycles. The molecular weight excluding hydrogens is 376 g/mol. The number of aromatic hydroxyl groups is 1. The molecule has 0 heterocycles. The van der Waals surface area contributed by atoms with E-state index in [-0.39, 0.29) is 11.3 Å². The summed E-state index contributed by atoms with van der Waals surface area (Å²) in [6.45, 7) is 0. The molecule has 0 radical (unpaired) electrons. The van der Waals surface area contributed by atoms with Crippen LogP contribution in [0.15, 0.2) is 46.2 Å². The third-order valence-corrected chi connectivity index (χ3v) is 4.92. The van der Waals surface area contributed by atoms with E-state index in [2.05, 4.69) is 0 Å². The predicted octanol–water partition coefficient (Wildman–Crippen LogP) is 1.13. The average Bonchev–Trinajstić information content (AvgIpc) is 2.52. The Morgan fingerprint density at radius 2 is 1.64 bits per heavy atom. The van der Waals surface area contributed by atoms with Crippen molar-refractivity contribution in [3.63, 3.8) is 0 Å². The van der Waals surface area contributed by atoms with Crippen LogP contribution in [0.4, 0.5) is 0 Å². The standard InChI is InChI=1S/C14H12O9S2/c1-23-12-7-11(15)10(6-13(12)25(20,21)22)14(16)8-3-2-4-9(5-8)24(17,18)19/h2-7,15H,1H3,(H,17,18,19)(H,20,21,22). The molecule has 0 atom stereocenters. The number of hydrogen-bond acceptors (Lipinski definition) is 7. The number of phenolic OH excluding ortho intramolecular Hbond substituents is 1. The fourth-order valence-electron chi connectivity index (χ4n) is 2.05. The SMILES string of the molecule is COc1cc(O)c(C(=O)c2cccc(S(=O)(=O)O)c2)cc1S(=O)(=O)O. The van der Waals surface area contributed by atoms with Crippen LogP contribution in [0.5, 0.6) is 11.5 Å². The Morgan fingerprint density at radius 1 is 1.00 bits per heavy atom. The van der Waals surface area contributed by atoms with Crippen molar-refractivity contribution >= 4 is 26.0 Å². The van der Waals surface area contributed by atoms with Crippen LogP contribution in [0.3, 0.4) is 0 Å². The normalized spacial score (nSPS) is 12.0. The molecule has 0 aliphatic heterocycles. The minimum atomic E-state index is -4.76. The average molecular weight is 388 g/mol. The Hall–Kier alpha value is -2.47. The molecule has 0 saturated carbocycles. The lowest BCUT2D eigenvalue weighted by Gasteiger charge is -2.10. The second-order valence-electron chi connectivity index (χ2n) is 4.83. The number of phenols is 1. The van der Waals surface area contributed by atoms with E-state index in [4.69, 9.17) is 9.29 Å². The number of ether oxygens (including phenoxy) is 1. The number of rotatable bonds is 5. The highest BCUT2D eigenvalue weighted by Gasteiger charge is 2.24. The molecule has 0 aliphatic carbocycles. The summed E-state index contributed by atoms with van der Waals surface area (Å²) in [6, 6.07) is 5.81. The third kappa shape index (κ3) is 3.96. The second kappa shape index (κ2) is 6.44. The first kappa shape index (κ1) is 18.9. The smallest absolute Gasteiger partial charge is 0.298 e. The molecule has 11 heteroatoms. The number of ketones is 1. The lowest BCUT2D eigenvalue weighted by molar-refractivity contribution is 0.103. The highest BCUT2D eigenvalue weighted by molar-refractivity contribution is 7.86. The molecule has 0 amide bonds. The lowest BCUT2D eigenvalue weighted by Crippen LogP contribution is -2.08. The van der Waals surface area contributed by atoms with Crippen LogP contribution in [-0.2, 0) is 20.2 Å². The molecule has 0 bridgehead atoms. The molecule has 0 fully saturated rings. The first-order valence-corrected chi connectivity index (χ1v) is 9.34. The van der Waals surface area contributed by atoms with Crippen molar-refractivity contribution in [3.05, 3.63) is 47.5 Å². The van der Waals surface area contributed by atoms with Crippen molar-refractivity contribution in [2.45, 2.75) is 9.79 Å². The molecule has 3 N–H and O–H groups in total. The highest BCUT2D eigenvalue weighted by Crippen LogP contribution is 2.32. The summed E-state index contributed by atoms with van der Waals surface area (Å²) in [5.41, 5.74) is -0.752. The van der Waals surface area contributed by atoms with Crippen molar-refractivity contribution < 1.29 is 40.6 Å². The summed E-state index contributed by atoms with van der Waals surface area (Å²) in [5, 5.41) is 9.93. The second-order valence-corrected chi connectivity index (χ2v) is 7.64. The Kier molecular flexibility index (Phi) is 4.86. The molecule has 0 spiro atoms. The maximum Gasteiger partial charge on any atom is 0.298 e. The lowest BCUT2D eigenvalue weighted by atomic mass is 10.0. The largest absolute Gasteiger partial charge is 0.507 e. The quantitative estimate of drug-likeness (QED) is 0.504. The fraction of sp³-hybridized carbons (Fsp3) is 0.0714. The fourth-order valence-corrected chi connectivity index (χ4v) is 3.24. The van der Waals surface area contributed by atoms with Gasteiger partial charge in [-0.05, 0) is 18.2 Å². The molecule has 0 aromatic heterocycles. The van der Waals surface area contributed by atoms with Crippen molar-refractivity contribution in [3.8, 4) is 11.5 Å². The molecule has 134 valence electrons. The van der Waals surface area contributed by atoms with E-state index in [1.54, 1.807) is 0 Å². The summed E-state index contributed by atoms with van der Waals surface area (Å²) in [5.74, 6) is -1.97. The summed E-state index contributed by atoms with van der Waals surface area (Å²) < 4.78 is 68.0. The minimum Gasteiger partial charge on any atom is -0.507 e. The third-order valence-electron chi connectivity index (χ3n) is 3.20. The number of carbonyl (C=O) groups excluding carboxylic acids is 1. The van der Waals surface area contributed by atoms with Gasteiger partial charge >= 0.3 is 0 Å². The highest BCUT2D eigenvalue weighted by atomic mass is 32.2.